The molecule has 1 nitrogen and oxygen atoms in total. The van der Waals surface area contributed by atoms with Crippen molar-refractivity contribution < 1.29 is 4.74 Å². The molecule has 9 heavy (non-hydrogen) atoms. The van der Waals surface area contributed by atoms with Crippen molar-refractivity contribution in [3.05, 3.63) is 12.7 Å². The normalized spacial score (nSPS) is 46.4. The molecule has 0 amide bonds. The van der Waals surface area contributed by atoms with Gasteiger partial charge >= 0.3 is 0 Å². The van der Waals surface area contributed by atoms with Gasteiger partial charge < -0.3 is 4.74 Å². The molecule has 2 heterocycles. The Morgan fingerprint density at radius 2 is 2.67 bits per heavy atom. The fraction of sp³-hybridized carbons (Fsp3) is 0.714. The van der Waals surface area contributed by atoms with Gasteiger partial charge in [0.15, 0.2) is 0 Å². The van der Waals surface area contributed by atoms with Gasteiger partial charge in [0.25, 0.3) is 0 Å². The fourth-order valence-corrected chi connectivity index (χ4v) is 3.96. The number of epoxide rings is 1. The van der Waals surface area contributed by atoms with Crippen LogP contribution in [0.3, 0.4) is 0 Å². The van der Waals surface area contributed by atoms with Gasteiger partial charge in [-0.1, -0.05) is 14.0 Å². The summed E-state index contributed by atoms with van der Waals surface area (Å²) in [5, 5.41) is 0. The Bertz CT molecular complexity index is 135. The smallest absolute Gasteiger partial charge is 0.103 e. The zero-order valence-electron chi connectivity index (χ0n) is 5.42. The van der Waals surface area contributed by atoms with Gasteiger partial charge in [0.05, 0.1) is 6.10 Å². The van der Waals surface area contributed by atoms with Gasteiger partial charge in [0.2, 0.25) is 0 Å². The van der Waals surface area contributed by atoms with E-state index in [1.165, 1.54) is 18.7 Å². The molecular formula is C7H11OP. The number of allylic oxidation sites excluding steroid dienone is 1. The molecule has 0 spiro atoms. The first kappa shape index (κ1) is 5.88. The van der Waals surface area contributed by atoms with Gasteiger partial charge in [-0.15, -0.1) is 6.58 Å². The summed E-state index contributed by atoms with van der Waals surface area (Å²) in [5.41, 5.74) is 0. The Balaban J connectivity index is 1.90. The molecule has 0 bridgehead atoms. The van der Waals surface area contributed by atoms with Crippen LogP contribution in [0, 0.1) is 0 Å². The van der Waals surface area contributed by atoms with Crippen LogP contribution in [-0.2, 0) is 4.74 Å². The molecule has 2 aliphatic rings. The summed E-state index contributed by atoms with van der Waals surface area (Å²) in [7, 11) is 0.227. The van der Waals surface area contributed by atoms with Crippen molar-refractivity contribution in [2.45, 2.75) is 18.4 Å². The highest BCUT2D eigenvalue weighted by Crippen LogP contribution is 2.60. The Labute approximate surface area is 56.8 Å². The molecule has 2 aliphatic heterocycles. The first-order valence-corrected chi connectivity index (χ1v) is 5.20. The summed E-state index contributed by atoms with van der Waals surface area (Å²) in [6, 6.07) is 0. The molecule has 2 heteroatoms. The van der Waals surface area contributed by atoms with Gasteiger partial charge in [-0.3, -0.25) is 0 Å². The fourth-order valence-electron chi connectivity index (χ4n) is 1.45. The molecule has 2 fully saturated rings. The monoisotopic (exact) mass is 142 g/mol. The van der Waals surface area contributed by atoms with Crippen molar-refractivity contribution in [1.29, 1.82) is 0 Å². The van der Waals surface area contributed by atoms with Gasteiger partial charge in [0.1, 0.15) is 5.85 Å². The molecule has 0 aromatic rings. The van der Waals surface area contributed by atoms with E-state index in [1.54, 1.807) is 0 Å². The van der Waals surface area contributed by atoms with Crippen LogP contribution in [0.4, 0.5) is 0 Å². The highest BCUT2D eigenvalue weighted by molar-refractivity contribution is 7.59. The highest BCUT2D eigenvalue weighted by atomic mass is 31.1. The van der Waals surface area contributed by atoms with Gasteiger partial charge in [-0.2, -0.15) is 0 Å². The number of ether oxygens (including phenoxy) is 1. The SMILES string of the molecule is C=CCP1CCC2OC21. The van der Waals surface area contributed by atoms with E-state index in [9.17, 15) is 0 Å². The second kappa shape index (κ2) is 2.07. The largest absolute Gasteiger partial charge is 0.365 e. The summed E-state index contributed by atoms with van der Waals surface area (Å²) < 4.78 is 5.40. The molecule has 2 rings (SSSR count). The van der Waals surface area contributed by atoms with Crippen molar-refractivity contribution in [2.75, 3.05) is 12.3 Å². The van der Waals surface area contributed by atoms with E-state index in [0.29, 0.717) is 11.9 Å². The van der Waals surface area contributed by atoms with E-state index >= 15 is 0 Å². The minimum Gasteiger partial charge on any atom is -0.365 e. The van der Waals surface area contributed by atoms with Crippen LogP contribution in [0.25, 0.3) is 0 Å². The van der Waals surface area contributed by atoms with Crippen molar-refractivity contribution in [3.8, 4) is 0 Å². The summed E-state index contributed by atoms with van der Waals surface area (Å²) in [4.78, 5) is 0. The number of fused-ring (bicyclic) bond motifs is 1. The second-order valence-corrected chi connectivity index (χ2v) is 5.14. The predicted molar refractivity (Wildman–Crippen MR) is 40.1 cm³/mol. The van der Waals surface area contributed by atoms with Crippen molar-refractivity contribution in [2.24, 2.45) is 0 Å². The van der Waals surface area contributed by atoms with E-state index in [1.807, 2.05) is 6.08 Å². The molecular weight excluding hydrogens is 131 g/mol. The quantitative estimate of drug-likeness (QED) is 0.325. The summed E-state index contributed by atoms with van der Waals surface area (Å²) in [6.07, 6.45) is 6.68. The van der Waals surface area contributed by atoms with Crippen LogP contribution in [-0.4, -0.2) is 24.3 Å². The molecule has 0 aromatic carbocycles. The Morgan fingerprint density at radius 3 is 3.11 bits per heavy atom. The minimum atomic E-state index is 0.227. The second-order valence-electron chi connectivity index (χ2n) is 2.64. The lowest BCUT2D eigenvalue weighted by Crippen LogP contribution is -1.85. The number of hydrogen-bond donors (Lipinski definition) is 0. The molecule has 0 aromatic heterocycles. The average molecular weight is 142 g/mol. The molecule has 3 atom stereocenters. The standard InChI is InChI=1S/C7H11OP/c1-2-4-9-5-3-6-7(9)8-6/h2,6-7H,1,3-5H2. The molecule has 50 valence electrons. The van der Waals surface area contributed by atoms with E-state index in [2.05, 4.69) is 6.58 Å². The van der Waals surface area contributed by atoms with Crippen molar-refractivity contribution in [3.63, 3.8) is 0 Å². The summed E-state index contributed by atoms with van der Waals surface area (Å²) >= 11 is 0. The first-order valence-electron chi connectivity index (χ1n) is 3.42. The van der Waals surface area contributed by atoms with Crippen molar-refractivity contribution in [1.82, 2.24) is 0 Å². The minimum absolute atomic E-state index is 0.227. The van der Waals surface area contributed by atoms with Gasteiger partial charge in [-0.05, 0) is 18.7 Å². The highest BCUT2D eigenvalue weighted by Gasteiger charge is 2.49. The maximum Gasteiger partial charge on any atom is 0.103 e. The molecule has 3 unspecified atom stereocenters. The third-order valence-electron chi connectivity index (χ3n) is 1.98. The van der Waals surface area contributed by atoms with E-state index in [-0.39, 0.29) is 7.92 Å². The van der Waals surface area contributed by atoms with E-state index < -0.39 is 0 Å². The van der Waals surface area contributed by atoms with Crippen LogP contribution in [0.15, 0.2) is 12.7 Å². The first-order chi connectivity index (χ1) is 4.42. The Kier molecular flexibility index (Phi) is 1.35. The third-order valence-corrected chi connectivity index (χ3v) is 4.71. The summed E-state index contributed by atoms with van der Waals surface area (Å²) in [5.74, 6) is 0.693. The zero-order valence-corrected chi connectivity index (χ0v) is 6.31. The number of hydrogen-bond acceptors (Lipinski definition) is 1. The molecule has 0 aliphatic carbocycles. The lowest BCUT2D eigenvalue weighted by atomic mass is 10.4. The maximum absolute atomic E-state index is 5.40. The molecule has 0 saturated carbocycles. The van der Waals surface area contributed by atoms with Crippen LogP contribution >= 0.6 is 7.92 Å². The lowest BCUT2D eigenvalue weighted by Gasteiger charge is -2.05. The molecule has 0 radical (unpaired) electrons. The topological polar surface area (TPSA) is 12.5 Å². The number of rotatable bonds is 2. The van der Waals surface area contributed by atoms with Crippen molar-refractivity contribution >= 4 is 7.92 Å². The van der Waals surface area contributed by atoms with E-state index in [4.69, 9.17) is 4.74 Å². The van der Waals surface area contributed by atoms with Gasteiger partial charge in [-0.25, -0.2) is 0 Å². The Morgan fingerprint density at radius 1 is 1.78 bits per heavy atom. The van der Waals surface area contributed by atoms with Crippen LogP contribution in [0.1, 0.15) is 6.42 Å². The Hall–Kier alpha value is 0.130. The van der Waals surface area contributed by atoms with Crippen LogP contribution in [0.2, 0.25) is 0 Å². The van der Waals surface area contributed by atoms with Gasteiger partial charge in [0, 0.05) is 0 Å². The summed E-state index contributed by atoms with van der Waals surface area (Å²) in [6.45, 7) is 3.74. The zero-order chi connectivity index (χ0) is 6.27. The average Bonchev–Trinajstić information content (AvgIpc) is 2.54. The van der Waals surface area contributed by atoms with E-state index in [0.717, 1.165) is 0 Å². The lowest BCUT2D eigenvalue weighted by molar-refractivity contribution is 0.387. The maximum atomic E-state index is 5.40. The molecule has 0 N–H and O–H groups in total. The predicted octanol–water partition coefficient (Wildman–Crippen LogP) is 1.78. The van der Waals surface area contributed by atoms with Crippen LogP contribution < -0.4 is 0 Å². The molecule has 2 saturated heterocycles. The third kappa shape index (κ3) is 0.929. The van der Waals surface area contributed by atoms with Crippen LogP contribution in [0.5, 0.6) is 0 Å².